The van der Waals surface area contributed by atoms with Crippen molar-refractivity contribution in [1.82, 2.24) is 9.59 Å². The number of amides is 1. The summed E-state index contributed by atoms with van der Waals surface area (Å²) in [4.78, 5) is 12.6. The van der Waals surface area contributed by atoms with E-state index < -0.39 is 17.6 Å². The summed E-state index contributed by atoms with van der Waals surface area (Å²) in [5.41, 5.74) is 0.281. The minimum atomic E-state index is -4.48. The summed E-state index contributed by atoms with van der Waals surface area (Å²) in [6.45, 7) is 0. The van der Waals surface area contributed by atoms with Gasteiger partial charge in [-0.15, -0.1) is 5.10 Å². The third-order valence-corrected chi connectivity index (χ3v) is 4.51. The average Bonchev–Trinajstić information content (AvgIpc) is 3.05. The molecule has 3 rings (SSSR count). The van der Waals surface area contributed by atoms with Crippen LogP contribution in [-0.2, 0) is 6.18 Å². The van der Waals surface area contributed by atoms with E-state index in [1.807, 2.05) is 0 Å². The Kier molecular flexibility index (Phi) is 4.87. The van der Waals surface area contributed by atoms with Crippen molar-refractivity contribution in [3.8, 4) is 11.3 Å². The highest BCUT2D eigenvalue weighted by Crippen LogP contribution is 2.31. The molecule has 0 bridgehead atoms. The molecule has 0 fully saturated rings. The van der Waals surface area contributed by atoms with Crippen LogP contribution in [0.25, 0.3) is 11.3 Å². The number of hydrogen-bond donors (Lipinski definition) is 1. The van der Waals surface area contributed by atoms with Crippen molar-refractivity contribution in [3.63, 3.8) is 0 Å². The Morgan fingerprint density at radius 2 is 1.84 bits per heavy atom. The minimum absolute atomic E-state index is 0.0509. The zero-order chi connectivity index (χ0) is 18.0. The normalized spacial score (nSPS) is 11.4. The van der Waals surface area contributed by atoms with Gasteiger partial charge in [0, 0.05) is 15.7 Å². The molecule has 1 N–H and O–H groups in total. The molecule has 0 saturated heterocycles. The number of nitrogens with one attached hydrogen (secondary N) is 1. The van der Waals surface area contributed by atoms with Crippen LogP contribution in [0, 0.1) is 0 Å². The van der Waals surface area contributed by atoms with Gasteiger partial charge in [-0.25, -0.2) is 0 Å². The maximum Gasteiger partial charge on any atom is 0.416 e. The third kappa shape index (κ3) is 4.05. The van der Waals surface area contributed by atoms with Gasteiger partial charge in [-0.05, 0) is 41.9 Å². The van der Waals surface area contributed by atoms with Gasteiger partial charge in [-0.1, -0.05) is 38.6 Å². The highest BCUT2D eigenvalue weighted by molar-refractivity contribution is 9.10. The lowest BCUT2D eigenvalue weighted by atomic mass is 10.1. The standard InChI is InChI=1S/C16H9BrF3N3OS/c17-11-6-4-9(5-7-11)13-14(25-23-22-13)15(24)21-12-3-1-2-10(8-12)16(18,19)20/h1-8H,(H,21,24). The minimum Gasteiger partial charge on any atom is -0.321 e. The Hall–Kier alpha value is -2.26. The molecule has 1 amide bonds. The van der Waals surface area contributed by atoms with Crippen molar-refractivity contribution in [1.29, 1.82) is 0 Å². The molecule has 0 radical (unpaired) electrons. The molecule has 128 valence electrons. The van der Waals surface area contributed by atoms with Crippen LogP contribution in [0.5, 0.6) is 0 Å². The molecule has 1 aromatic heterocycles. The fourth-order valence-corrected chi connectivity index (χ4v) is 2.94. The summed E-state index contributed by atoms with van der Waals surface area (Å²) < 4.78 is 42.9. The van der Waals surface area contributed by atoms with Gasteiger partial charge in [0.25, 0.3) is 5.91 Å². The van der Waals surface area contributed by atoms with Crippen LogP contribution < -0.4 is 5.32 Å². The summed E-state index contributed by atoms with van der Waals surface area (Å²) >= 11 is 4.20. The van der Waals surface area contributed by atoms with E-state index in [1.54, 1.807) is 24.3 Å². The number of nitrogens with zero attached hydrogens (tertiary/aromatic N) is 2. The van der Waals surface area contributed by atoms with Crippen LogP contribution in [0.3, 0.4) is 0 Å². The highest BCUT2D eigenvalue weighted by Gasteiger charge is 2.30. The van der Waals surface area contributed by atoms with E-state index in [1.165, 1.54) is 12.1 Å². The molecule has 3 aromatic rings. The first kappa shape index (κ1) is 17.6. The SMILES string of the molecule is O=C(Nc1cccc(C(F)(F)F)c1)c1snnc1-c1ccc(Br)cc1. The van der Waals surface area contributed by atoms with Crippen LogP contribution in [0.4, 0.5) is 18.9 Å². The lowest BCUT2D eigenvalue weighted by Crippen LogP contribution is -2.13. The molecule has 0 atom stereocenters. The summed E-state index contributed by atoms with van der Waals surface area (Å²) in [5, 5.41) is 6.41. The van der Waals surface area contributed by atoms with Gasteiger partial charge < -0.3 is 5.32 Å². The first-order valence-corrected chi connectivity index (χ1v) is 8.48. The molecule has 4 nitrogen and oxygen atoms in total. The molecule has 9 heteroatoms. The zero-order valence-corrected chi connectivity index (χ0v) is 14.7. The van der Waals surface area contributed by atoms with Crippen molar-refractivity contribution in [3.05, 3.63) is 63.4 Å². The van der Waals surface area contributed by atoms with E-state index in [4.69, 9.17) is 0 Å². The van der Waals surface area contributed by atoms with Gasteiger partial charge in [0.05, 0.1) is 5.56 Å². The predicted molar refractivity (Wildman–Crippen MR) is 92.4 cm³/mol. The summed E-state index contributed by atoms with van der Waals surface area (Å²) in [5.74, 6) is -0.563. The molecular formula is C16H9BrF3N3OS. The van der Waals surface area contributed by atoms with E-state index in [-0.39, 0.29) is 10.6 Å². The van der Waals surface area contributed by atoms with Crippen LogP contribution in [0.2, 0.25) is 0 Å². The van der Waals surface area contributed by atoms with Crippen LogP contribution in [-0.4, -0.2) is 15.5 Å². The molecule has 0 unspecified atom stereocenters. The molecule has 0 aliphatic carbocycles. The fourth-order valence-electron chi connectivity index (χ4n) is 2.10. The topological polar surface area (TPSA) is 54.9 Å². The second-order valence-electron chi connectivity index (χ2n) is 4.99. The molecule has 1 heterocycles. The number of halogens is 4. The number of benzene rings is 2. The van der Waals surface area contributed by atoms with Crippen molar-refractivity contribution in [2.45, 2.75) is 6.18 Å². The Labute approximate surface area is 153 Å². The molecular weight excluding hydrogens is 419 g/mol. The monoisotopic (exact) mass is 427 g/mol. The first-order chi connectivity index (χ1) is 11.8. The number of anilines is 1. The Bertz CT molecular complexity index is 909. The third-order valence-electron chi connectivity index (χ3n) is 3.26. The molecule has 2 aromatic carbocycles. The maximum absolute atomic E-state index is 12.8. The van der Waals surface area contributed by atoms with Crippen LogP contribution in [0.1, 0.15) is 15.2 Å². The number of alkyl halides is 3. The fraction of sp³-hybridized carbons (Fsp3) is 0.0625. The number of carbonyl (C=O) groups excluding carboxylic acids is 1. The van der Waals surface area contributed by atoms with Gasteiger partial charge >= 0.3 is 6.18 Å². The van der Waals surface area contributed by atoms with Crippen molar-refractivity contribution >= 4 is 39.1 Å². The Balaban J connectivity index is 1.86. The predicted octanol–water partition coefficient (Wildman–Crippen LogP) is 5.24. The second kappa shape index (κ2) is 6.93. The highest BCUT2D eigenvalue weighted by atomic mass is 79.9. The van der Waals surface area contributed by atoms with Gasteiger partial charge in [-0.3, -0.25) is 4.79 Å². The average molecular weight is 428 g/mol. The zero-order valence-electron chi connectivity index (χ0n) is 12.3. The summed E-state index contributed by atoms with van der Waals surface area (Å²) in [6, 6.07) is 11.6. The molecule has 0 saturated carbocycles. The number of rotatable bonds is 3. The maximum atomic E-state index is 12.8. The van der Waals surface area contributed by atoms with E-state index in [0.717, 1.165) is 28.1 Å². The molecule has 0 aliphatic rings. The van der Waals surface area contributed by atoms with Gasteiger partial charge in [0.2, 0.25) is 0 Å². The van der Waals surface area contributed by atoms with Crippen molar-refractivity contribution in [2.75, 3.05) is 5.32 Å². The van der Waals surface area contributed by atoms with E-state index in [9.17, 15) is 18.0 Å². The molecule has 0 spiro atoms. The van der Waals surface area contributed by atoms with Gasteiger partial charge in [-0.2, -0.15) is 13.2 Å². The smallest absolute Gasteiger partial charge is 0.321 e. The van der Waals surface area contributed by atoms with Gasteiger partial charge in [0.15, 0.2) is 0 Å². The van der Waals surface area contributed by atoms with Gasteiger partial charge in [0.1, 0.15) is 10.6 Å². The van der Waals surface area contributed by atoms with Crippen LogP contribution >= 0.6 is 27.5 Å². The van der Waals surface area contributed by atoms with Crippen LogP contribution in [0.15, 0.2) is 53.0 Å². The van der Waals surface area contributed by atoms with E-state index in [0.29, 0.717) is 11.3 Å². The summed E-state index contributed by atoms with van der Waals surface area (Å²) in [7, 11) is 0. The quantitative estimate of drug-likeness (QED) is 0.621. The summed E-state index contributed by atoms with van der Waals surface area (Å²) in [6.07, 6.45) is -4.48. The number of hydrogen-bond acceptors (Lipinski definition) is 4. The largest absolute Gasteiger partial charge is 0.416 e. The molecule has 0 aliphatic heterocycles. The number of carbonyl (C=O) groups is 1. The Morgan fingerprint density at radius 1 is 1.12 bits per heavy atom. The lowest BCUT2D eigenvalue weighted by Gasteiger charge is -2.09. The lowest BCUT2D eigenvalue weighted by molar-refractivity contribution is -0.137. The Morgan fingerprint density at radius 3 is 2.52 bits per heavy atom. The van der Waals surface area contributed by atoms with E-state index >= 15 is 0 Å². The first-order valence-electron chi connectivity index (χ1n) is 6.91. The van der Waals surface area contributed by atoms with Crippen molar-refractivity contribution in [2.24, 2.45) is 0 Å². The van der Waals surface area contributed by atoms with Crippen molar-refractivity contribution < 1.29 is 18.0 Å². The second-order valence-corrected chi connectivity index (χ2v) is 6.66. The van der Waals surface area contributed by atoms with E-state index in [2.05, 4.69) is 30.8 Å². The number of aromatic nitrogens is 2. The molecule has 25 heavy (non-hydrogen) atoms.